The van der Waals surface area contributed by atoms with Gasteiger partial charge in [0.1, 0.15) is 25.9 Å². The molecule has 0 saturated heterocycles. The zero-order valence-electron chi connectivity index (χ0n) is 9.44. The van der Waals surface area contributed by atoms with Crippen molar-refractivity contribution in [1.29, 1.82) is 5.41 Å². The average Bonchev–Trinajstić information content (AvgIpc) is 2.29. The third-order valence-electron chi connectivity index (χ3n) is 1.45. The summed E-state index contributed by atoms with van der Waals surface area (Å²) in [5, 5.41) is 26.5. The van der Waals surface area contributed by atoms with Crippen LogP contribution in [0.25, 0.3) is 0 Å². The van der Waals surface area contributed by atoms with Gasteiger partial charge in [-0.05, 0) is 0 Å². The predicted octanol–water partition coefficient (Wildman–Crippen LogP) is -2.20. The molecule has 0 aromatic carbocycles. The molecule has 0 amide bonds. The fourth-order valence-electron chi connectivity index (χ4n) is 0.799. The predicted molar refractivity (Wildman–Crippen MR) is 55.7 cm³/mol. The fourth-order valence-corrected chi connectivity index (χ4v) is 0.799. The van der Waals surface area contributed by atoms with Crippen molar-refractivity contribution in [3.8, 4) is 0 Å². The van der Waals surface area contributed by atoms with Crippen LogP contribution in [0.2, 0.25) is 0 Å². The first-order valence-corrected chi connectivity index (χ1v) is 4.63. The van der Waals surface area contributed by atoms with E-state index in [-0.39, 0.29) is 0 Å². The lowest BCUT2D eigenvalue weighted by atomic mass is 10.4. The second-order valence-corrected chi connectivity index (χ2v) is 2.92. The number of nitrogens with one attached hydrogen (secondary N) is 2. The first kappa shape index (κ1) is 16.1. The highest BCUT2D eigenvalue weighted by Crippen LogP contribution is 1.97. The average molecular weight is 281 g/mol. The molecule has 0 aliphatic carbocycles. The van der Waals surface area contributed by atoms with Crippen LogP contribution in [0.15, 0.2) is 0 Å². The second-order valence-electron chi connectivity index (χ2n) is 2.92. The van der Waals surface area contributed by atoms with Gasteiger partial charge < -0.3 is 25.5 Å². The van der Waals surface area contributed by atoms with Crippen molar-refractivity contribution in [3.63, 3.8) is 0 Å². The number of hydrogen-bond donors (Lipinski definition) is 3. The number of carbonyl (C=O) groups excluding carboxylic acids is 1. The van der Waals surface area contributed by atoms with Crippen LogP contribution < -0.4 is 11.1 Å². The quantitative estimate of drug-likeness (QED) is 0.137. The molecule has 108 valence electrons. The minimum Gasteiger partial charge on any atom is -0.457 e. The lowest BCUT2D eigenvalue weighted by molar-refractivity contribution is -0.768. The molecule has 0 rings (SSSR count). The third kappa shape index (κ3) is 10.0. The van der Waals surface area contributed by atoms with Crippen molar-refractivity contribution in [2.24, 2.45) is 5.73 Å². The van der Waals surface area contributed by atoms with Crippen LogP contribution in [0.5, 0.6) is 0 Å². The molecule has 0 atom stereocenters. The van der Waals surface area contributed by atoms with Crippen molar-refractivity contribution < 1.29 is 29.4 Å². The Labute approximate surface area is 105 Å². The van der Waals surface area contributed by atoms with E-state index < -0.39 is 48.0 Å². The first-order chi connectivity index (χ1) is 8.81. The van der Waals surface area contributed by atoms with Gasteiger partial charge in [0.15, 0.2) is 5.96 Å². The van der Waals surface area contributed by atoms with Crippen LogP contribution in [0, 0.1) is 25.6 Å². The molecule has 0 radical (unpaired) electrons. The summed E-state index contributed by atoms with van der Waals surface area (Å²) in [6, 6.07) is 0. The SMILES string of the molecule is N=C(N)NCC(=O)OC(CO[N+](=O)[O-])CO[N+](=O)[O-]. The van der Waals surface area contributed by atoms with Crippen LogP contribution in [0.1, 0.15) is 0 Å². The maximum Gasteiger partial charge on any atom is 0.325 e. The Balaban J connectivity index is 4.22. The summed E-state index contributed by atoms with van der Waals surface area (Å²) in [6.45, 7) is -1.94. The Hall–Kier alpha value is -2.86. The monoisotopic (exact) mass is 281 g/mol. The molecule has 0 heterocycles. The van der Waals surface area contributed by atoms with Gasteiger partial charge in [0.2, 0.25) is 0 Å². The third-order valence-corrected chi connectivity index (χ3v) is 1.45. The summed E-state index contributed by atoms with van der Waals surface area (Å²) in [7, 11) is 0. The van der Waals surface area contributed by atoms with Crippen molar-refractivity contribution in [2.75, 3.05) is 19.8 Å². The number of esters is 1. The normalized spacial score (nSPS) is 9.53. The molecular weight excluding hydrogens is 270 g/mol. The number of nitrogens with two attached hydrogens (primary N) is 1. The van der Waals surface area contributed by atoms with E-state index in [2.05, 4.69) is 19.7 Å². The molecule has 0 aliphatic heterocycles. The van der Waals surface area contributed by atoms with Crippen molar-refractivity contribution >= 4 is 11.9 Å². The number of rotatable bonds is 9. The Kier molecular flexibility index (Phi) is 7.02. The number of carbonyl (C=O) groups is 1. The molecule has 13 heteroatoms. The van der Waals surface area contributed by atoms with E-state index in [0.717, 1.165) is 0 Å². The highest BCUT2D eigenvalue weighted by molar-refractivity contribution is 5.81. The smallest absolute Gasteiger partial charge is 0.325 e. The molecule has 0 unspecified atom stereocenters. The molecule has 0 aromatic rings. The van der Waals surface area contributed by atoms with Gasteiger partial charge in [0, 0.05) is 0 Å². The summed E-state index contributed by atoms with van der Waals surface area (Å²) in [5.74, 6) is -1.43. The summed E-state index contributed by atoms with van der Waals surface area (Å²) in [6.07, 6.45) is -1.35. The molecule has 0 fully saturated rings. The van der Waals surface area contributed by atoms with E-state index >= 15 is 0 Å². The summed E-state index contributed by atoms with van der Waals surface area (Å²) < 4.78 is 4.59. The van der Waals surface area contributed by atoms with Crippen molar-refractivity contribution in [2.45, 2.75) is 6.10 Å². The van der Waals surface area contributed by atoms with Crippen LogP contribution in [0.4, 0.5) is 0 Å². The lowest BCUT2D eigenvalue weighted by Crippen LogP contribution is -2.38. The molecule has 19 heavy (non-hydrogen) atoms. The van der Waals surface area contributed by atoms with Crippen molar-refractivity contribution in [1.82, 2.24) is 5.32 Å². The highest BCUT2D eigenvalue weighted by Gasteiger charge is 2.18. The van der Waals surface area contributed by atoms with Crippen LogP contribution in [0.3, 0.4) is 0 Å². The topological polar surface area (TPSA) is 193 Å². The van der Waals surface area contributed by atoms with E-state index in [1.165, 1.54) is 0 Å². The Morgan fingerprint density at radius 1 is 1.26 bits per heavy atom. The van der Waals surface area contributed by atoms with Gasteiger partial charge in [-0.25, -0.2) is 0 Å². The fraction of sp³-hybridized carbons (Fsp3) is 0.667. The maximum atomic E-state index is 11.2. The maximum absolute atomic E-state index is 11.2. The second kappa shape index (κ2) is 8.26. The molecule has 13 nitrogen and oxygen atoms in total. The van der Waals surface area contributed by atoms with E-state index in [1.54, 1.807) is 0 Å². The number of nitrogens with zero attached hydrogens (tertiary/aromatic N) is 2. The molecule has 4 N–H and O–H groups in total. The van der Waals surface area contributed by atoms with E-state index in [4.69, 9.17) is 11.1 Å². The standard InChI is InChI=1S/C6H11N5O8/c7-6(8)9-1-5(12)19-4(2-17-10(13)14)3-18-11(15)16/h4H,1-3H2,(H4,7,8,9). The molecule has 0 spiro atoms. The van der Waals surface area contributed by atoms with Gasteiger partial charge in [-0.1, -0.05) is 0 Å². The summed E-state index contributed by atoms with van der Waals surface area (Å²) in [5.41, 5.74) is 4.90. The molecular formula is C6H11N5O8. The van der Waals surface area contributed by atoms with E-state index in [0.29, 0.717) is 0 Å². The van der Waals surface area contributed by atoms with E-state index in [9.17, 15) is 25.0 Å². The van der Waals surface area contributed by atoms with Crippen molar-refractivity contribution in [3.05, 3.63) is 20.2 Å². The minimum absolute atomic E-state index is 0.483. The van der Waals surface area contributed by atoms with Crippen LogP contribution in [-0.4, -0.2) is 48.0 Å². The summed E-state index contributed by atoms with van der Waals surface area (Å²) >= 11 is 0. The number of ether oxygens (including phenoxy) is 1. The first-order valence-electron chi connectivity index (χ1n) is 4.63. The minimum atomic E-state index is -1.35. The molecule has 0 aliphatic rings. The van der Waals surface area contributed by atoms with E-state index in [1.807, 2.05) is 0 Å². The van der Waals surface area contributed by atoms with Gasteiger partial charge in [0.25, 0.3) is 10.2 Å². The Morgan fingerprint density at radius 3 is 2.11 bits per heavy atom. The Bertz CT molecular complexity index is 342. The van der Waals surface area contributed by atoms with Crippen LogP contribution >= 0.6 is 0 Å². The Morgan fingerprint density at radius 2 is 1.74 bits per heavy atom. The molecule has 0 bridgehead atoms. The zero-order chi connectivity index (χ0) is 14.8. The number of hydrogen-bond acceptors (Lipinski definition) is 9. The van der Waals surface area contributed by atoms with Gasteiger partial charge in [0.05, 0.1) is 0 Å². The zero-order valence-corrected chi connectivity index (χ0v) is 9.44. The lowest BCUT2D eigenvalue weighted by Gasteiger charge is -2.15. The van der Waals surface area contributed by atoms with Gasteiger partial charge in [-0.3, -0.25) is 10.2 Å². The number of guanidine groups is 1. The van der Waals surface area contributed by atoms with Gasteiger partial charge in [-0.2, -0.15) is 0 Å². The van der Waals surface area contributed by atoms with Gasteiger partial charge >= 0.3 is 5.97 Å². The van der Waals surface area contributed by atoms with Gasteiger partial charge in [-0.15, -0.1) is 20.2 Å². The largest absolute Gasteiger partial charge is 0.457 e. The van der Waals surface area contributed by atoms with Crippen LogP contribution in [-0.2, 0) is 19.2 Å². The highest BCUT2D eigenvalue weighted by atomic mass is 17.0. The summed E-state index contributed by atoms with van der Waals surface area (Å²) in [4.78, 5) is 38.9. The molecule has 0 aromatic heterocycles. The molecule has 0 saturated carbocycles.